The molecule has 50 heavy (non-hydrogen) atoms. The van der Waals surface area contributed by atoms with Crippen molar-refractivity contribution in [1.29, 1.82) is 0 Å². The molecule has 1 N–H and O–H groups in total. The van der Waals surface area contributed by atoms with Crippen LogP contribution in [-0.4, -0.2) is 67.0 Å². The Kier molecular flexibility index (Phi) is 13.4. The van der Waals surface area contributed by atoms with Crippen LogP contribution in [0.5, 0.6) is 11.5 Å². The van der Waals surface area contributed by atoms with Crippen molar-refractivity contribution in [3.05, 3.63) is 132 Å². The maximum absolute atomic E-state index is 13.2. The lowest BCUT2D eigenvalue weighted by atomic mass is 10.2. The lowest BCUT2D eigenvalue weighted by Crippen LogP contribution is -2.41. The van der Waals surface area contributed by atoms with Crippen LogP contribution in [0.4, 0.5) is 4.79 Å². The summed E-state index contributed by atoms with van der Waals surface area (Å²) in [5, 5.41) is 0. The summed E-state index contributed by atoms with van der Waals surface area (Å²) >= 11 is 0. The zero-order chi connectivity index (χ0) is 35.2. The molecule has 1 fully saturated rings. The van der Waals surface area contributed by atoms with Crippen LogP contribution in [0, 0.1) is 0 Å². The van der Waals surface area contributed by atoms with Gasteiger partial charge in [-0.3, -0.25) is 13.9 Å². The van der Waals surface area contributed by atoms with Crippen LogP contribution >= 0.6 is 7.82 Å². The topological polar surface area (TPSA) is 139 Å². The van der Waals surface area contributed by atoms with E-state index < -0.39 is 38.1 Å². The van der Waals surface area contributed by atoms with Crippen molar-refractivity contribution < 1.29 is 51.8 Å². The second-order valence-electron chi connectivity index (χ2n) is 11.4. The van der Waals surface area contributed by atoms with E-state index >= 15 is 0 Å². The fourth-order valence-corrected chi connectivity index (χ4v) is 6.06. The normalized spacial score (nSPS) is 17.4. The zero-order valence-electron chi connectivity index (χ0n) is 27.6. The standard InChI is InChI=1S/C37H40NO11P/c1-43-31-17-19-32(20-18-31)45-26-34(44-23-28-11-5-2-6-12-28)27-48-50(41,42)49-33-21-35(36(39)46-24-29-13-7-3-8-14-29)38(22-33)37(40)47-25-30-15-9-4-10-16-30/h2-20,33-35H,21-27H2,1H3,(H,41,42)/t33-,34+,35+/m0/s1. The van der Waals surface area contributed by atoms with E-state index in [1.807, 2.05) is 66.7 Å². The molecule has 0 spiro atoms. The van der Waals surface area contributed by atoms with E-state index in [4.69, 9.17) is 32.7 Å². The number of carbonyl (C=O) groups excluding carboxylic acids is 2. The van der Waals surface area contributed by atoms with E-state index in [0.29, 0.717) is 11.5 Å². The minimum absolute atomic E-state index is 0.00104. The van der Waals surface area contributed by atoms with Gasteiger partial charge >= 0.3 is 19.9 Å². The van der Waals surface area contributed by atoms with Crippen molar-refractivity contribution in [2.75, 3.05) is 26.9 Å². The Morgan fingerprint density at radius 1 is 0.760 bits per heavy atom. The van der Waals surface area contributed by atoms with Crippen LogP contribution < -0.4 is 9.47 Å². The highest BCUT2D eigenvalue weighted by Gasteiger charge is 2.45. The number of nitrogens with zero attached hydrogens (tertiary/aromatic N) is 1. The van der Waals surface area contributed by atoms with E-state index in [1.54, 1.807) is 55.6 Å². The van der Waals surface area contributed by atoms with Crippen molar-refractivity contribution in [2.24, 2.45) is 0 Å². The smallest absolute Gasteiger partial charge is 0.472 e. The second kappa shape index (κ2) is 18.3. The van der Waals surface area contributed by atoms with Crippen molar-refractivity contribution in [3.8, 4) is 11.5 Å². The lowest BCUT2D eigenvalue weighted by molar-refractivity contribution is -0.149. The minimum atomic E-state index is -4.72. The van der Waals surface area contributed by atoms with Crippen molar-refractivity contribution >= 4 is 19.9 Å². The van der Waals surface area contributed by atoms with Crippen LogP contribution in [0.15, 0.2) is 115 Å². The molecular formula is C37H40NO11P. The maximum atomic E-state index is 13.2. The molecule has 264 valence electrons. The molecule has 1 heterocycles. The molecule has 1 aliphatic rings. The number of ether oxygens (including phenoxy) is 5. The Labute approximate surface area is 291 Å². The third kappa shape index (κ3) is 11.4. The number of rotatable bonds is 17. The molecule has 0 saturated carbocycles. The molecule has 1 saturated heterocycles. The quantitative estimate of drug-likeness (QED) is 0.0976. The van der Waals surface area contributed by atoms with Crippen LogP contribution in [0.25, 0.3) is 0 Å². The molecule has 13 heteroatoms. The van der Waals surface area contributed by atoms with Gasteiger partial charge in [0.05, 0.1) is 33.0 Å². The highest BCUT2D eigenvalue weighted by molar-refractivity contribution is 7.47. The summed E-state index contributed by atoms with van der Waals surface area (Å²) in [7, 11) is -3.16. The number of likely N-dealkylation sites (tertiary alicyclic amines) is 1. The predicted molar refractivity (Wildman–Crippen MR) is 182 cm³/mol. The molecular weight excluding hydrogens is 665 g/mol. The first-order valence-corrected chi connectivity index (χ1v) is 17.5. The molecule has 0 aliphatic carbocycles. The number of amides is 1. The first kappa shape index (κ1) is 36.6. The zero-order valence-corrected chi connectivity index (χ0v) is 28.5. The largest absolute Gasteiger partial charge is 0.497 e. The first-order chi connectivity index (χ1) is 24.3. The van der Waals surface area contributed by atoms with E-state index in [0.717, 1.165) is 21.6 Å². The van der Waals surface area contributed by atoms with E-state index in [9.17, 15) is 19.0 Å². The van der Waals surface area contributed by atoms with Crippen molar-refractivity contribution in [3.63, 3.8) is 0 Å². The Bertz CT molecular complexity index is 1610. The number of hydrogen-bond acceptors (Lipinski definition) is 10. The highest BCUT2D eigenvalue weighted by Crippen LogP contribution is 2.47. The summed E-state index contributed by atoms with van der Waals surface area (Å²) < 4.78 is 52.1. The molecule has 0 radical (unpaired) electrons. The van der Waals surface area contributed by atoms with Crippen LogP contribution in [0.2, 0.25) is 0 Å². The van der Waals surface area contributed by atoms with E-state index in [2.05, 4.69) is 0 Å². The van der Waals surface area contributed by atoms with Crippen molar-refractivity contribution in [1.82, 2.24) is 4.90 Å². The third-order valence-corrected chi connectivity index (χ3v) is 8.77. The van der Waals surface area contributed by atoms with Gasteiger partial charge < -0.3 is 28.6 Å². The predicted octanol–water partition coefficient (Wildman–Crippen LogP) is 6.32. The summed E-state index contributed by atoms with van der Waals surface area (Å²) in [6, 6.07) is 33.4. The van der Waals surface area contributed by atoms with Gasteiger partial charge in [0.1, 0.15) is 43.5 Å². The number of carbonyl (C=O) groups is 2. The van der Waals surface area contributed by atoms with Gasteiger partial charge in [-0.15, -0.1) is 0 Å². The lowest BCUT2D eigenvalue weighted by Gasteiger charge is -2.23. The van der Waals surface area contributed by atoms with Gasteiger partial charge in [0.2, 0.25) is 0 Å². The summed E-state index contributed by atoms with van der Waals surface area (Å²) in [6.45, 7) is -0.404. The fraction of sp³-hybridized carbons (Fsp3) is 0.297. The van der Waals surface area contributed by atoms with Crippen LogP contribution in [0.1, 0.15) is 23.1 Å². The van der Waals surface area contributed by atoms with Gasteiger partial charge in [0.15, 0.2) is 0 Å². The van der Waals surface area contributed by atoms with Crippen molar-refractivity contribution in [2.45, 2.75) is 44.5 Å². The highest BCUT2D eigenvalue weighted by atomic mass is 31.2. The van der Waals surface area contributed by atoms with Gasteiger partial charge in [-0.05, 0) is 41.0 Å². The number of phosphoric ester groups is 1. The number of esters is 1. The van der Waals surface area contributed by atoms with Crippen LogP contribution in [0.3, 0.4) is 0 Å². The van der Waals surface area contributed by atoms with Crippen LogP contribution in [-0.2, 0) is 52.4 Å². The molecule has 1 aliphatic heterocycles. The number of hydrogen-bond donors (Lipinski definition) is 1. The Balaban J connectivity index is 1.21. The first-order valence-electron chi connectivity index (χ1n) is 16.0. The summed E-state index contributed by atoms with van der Waals surface area (Å²) in [6.07, 6.45) is -2.71. The maximum Gasteiger partial charge on any atom is 0.472 e. The van der Waals surface area contributed by atoms with Gasteiger partial charge in [0, 0.05) is 6.42 Å². The molecule has 0 aromatic heterocycles. The molecule has 4 aromatic carbocycles. The van der Waals surface area contributed by atoms with E-state index in [-0.39, 0.29) is 46.0 Å². The SMILES string of the molecule is COc1ccc(OC[C@H](COP(=O)(O)O[C@H]2C[C@H](C(=O)OCc3ccccc3)N(C(=O)OCc3ccccc3)C2)OCc2ccccc2)cc1. The number of methoxy groups -OCH3 is 1. The monoisotopic (exact) mass is 705 g/mol. The molecule has 12 nitrogen and oxygen atoms in total. The average Bonchev–Trinajstić information content (AvgIpc) is 3.57. The van der Waals surface area contributed by atoms with E-state index in [1.165, 1.54) is 0 Å². The third-order valence-electron chi connectivity index (χ3n) is 7.73. The Morgan fingerprint density at radius 2 is 1.30 bits per heavy atom. The Morgan fingerprint density at radius 3 is 1.88 bits per heavy atom. The summed E-state index contributed by atoms with van der Waals surface area (Å²) in [5.74, 6) is 0.505. The second-order valence-corrected chi connectivity index (χ2v) is 12.8. The average molecular weight is 706 g/mol. The number of benzene rings is 4. The summed E-state index contributed by atoms with van der Waals surface area (Å²) in [5.41, 5.74) is 2.41. The number of phosphoric acid groups is 1. The molecule has 4 aromatic rings. The summed E-state index contributed by atoms with van der Waals surface area (Å²) in [4.78, 5) is 38.3. The van der Waals surface area contributed by atoms with Gasteiger partial charge in [-0.25, -0.2) is 14.2 Å². The van der Waals surface area contributed by atoms with Gasteiger partial charge in [-0.1, -0.05) is 91.0 Å². The fourth-order valence-electron chi connectivity index (χ4n) is 5.12. The molecule has 1 amide bonds. The Hall–Kier alpha value is -4.71. The van der Waals surface area contributed by atoms with Gasteiger partial charge in [0.25, 0.3) is 0 Å². The molecule has 1 unspecified atom stereocenters. The molecule has 0 bridgehead atoms. The molecule has 5 rings (SSSR count). The minimum Gasteiger partial charge on any atom is -0.497 e. The molecule has 4 atom stereocenters. The van der Waals surface area contributed by atoms with Gasteiger partial charge in [-0.2, -0.15) is 0 Å².